The highest BCUT2D eigenvalue weighted by Gasteiger charge is 2.13. The van der Waals surface area contributed by atoms with Crippen LogP contribution in [0, 0.1) is 0 Å². The summed E-state index contributed by atoms with van der Waals surface area (Å²) in [5, 5.41) is 6.73. The average molecular weight is 364 g/mol. The molecule has 0 saturated carbocycles. The van der Waals surface area contributed by atoms with Crippen molar-refractivity contribution in [3.63, 3.8) is 0 Å². The fourth-order valence-electron chi connectivity index (χ4n) is 2.91. The summed E-state index contributed by atoms with van der Waals surface area (Å²) < 4.78 is 2.10. The van der Waals surface area contributed by atoms with Crippen LogP contribution >= 0.6 is 24.0 Å². The third-order valence-electron chi connectivity index (χ3n) is 4.28. The molecule has 0 aliphatic carbocycles. The Morgan fingerprint density at radius 3 is 2.42 bits per heavy atom. The SMILES string of the molecule is CCN(CC)CCn1nc(-c2ccccc2)c2cc(Cl)ccc21.Cl. The van der Waals surface area contributed by atoms with E-state index >= 15 is 0 Å². The van der Waals surface area contributed by atoms with Gasteiger partial charge in [0.05, 0.1) is 12.1 Å². The molecule has 0 unspecified atom stereocenters. The minimum Gasteiger partial charge on any atom is -0.302 e. The van der Waals surface area contributed by atoms with Crippen LogP contribution in [0.4, 0.5) is 0 Å². The summed E-state index contributed by atoms with van der Waals surface area (Å²) >= 11 is 6.21. The summed E-state index contributed by atoms with van der Waals surface area (Å²) in [4.78, 5) is 2.41. The number of nitrogens with zero attached hydrogens (tertiary/aromatic N) is 3. The maximum absolute atomic E-state index is 6.21. The standard InChI is InChI=1S/C19H22ClN3.ClH/c1-3-22(4-2)12-13-23-18-11-10-16(20)14-17(18)19(21-23)15-8-6-5-7-9-15;/h5-11,14H,3-4,12-13H2,1-2H3;1H. The first-order chi connectivity index (χ1) is 11.2. The van der Waals surface area contributed by atoms with Gasteiger partial charge in [0, 0.05) is 22.5 Å². The zero-order valence-corrected chi connectivity index (χ0v) is 15.6. The third-order valence-corrected chi connectivity index (χ3v) is 4.52. The molecule has 0 saturated heterocycles. The lowest BCUT2D eigenvalue weighted by Gasteiger charge is -2.17. The van der Waals surface area contributed by atoms with Crippen LogP contribution < -0.4 is 0 Å². The molecule has 1 aromatic heterocycles. The van der Waals surface area contributed by atoms with Crippen LogP contribution in [0.15, 0.2) is 48.5 Å². The highest BCUT2D eigenvalue weighted by Crippen LogP contribution is 2.30. The van der Waals surface area contributed by atoms with E-state index in [1.807, 2.05) is 30.3 Å². The quantitative estimate of drug-likeness (QED) is 0.605. The summed E-state index contributed by atoms with van der Waals surface area (Å²) in [6, 6.07) is 16.3. The Hall–Kier alpha value is -1.55. The van der Waals surface area contributed by atoms with Gasteiger partial charge in [0.2, 0.25) is 0 Å². The number of hydrogen-bond acceptors (Lipinski definition) is 2. The molecule has 0 aliphatic heterocycles. The first-order valence-electron chi connectivity index (χ1n) is 8.16. The molecule has 2 aromatic carbocycles. The van der Waals surface area contributed by atoms with E-state index in [1.165, 1.54) is 0 Å². The maximum atomic E-state index is 6.21. The van der Waals surface area contributed by atoms with Gasteiger partial charge in [0.1, 0.15) is 5.69 Å². The molecule has 0 amide bonds. The summed E-state index contributed by atoms with van der Waals surface area (Å²) in [5.41, 5.74) is 3.27. The molecule has 0 radical (unpaired) electrons. The molecular formula is C19H23Cl2N3. The number of benzene rings is 2. The first-order valence-corrected chi connectivity index (χ1v) is 8.54. The van der Waals surface area contributed by atoms with E-state index in [9.17, 15) is 0 Å². The minimum absolute atomic E-state index is 0. The molecule has 0 spiro atoms. The molecule has 5 heteroatoms. The maximum Gasteiger partial charge on any atom is 0.100 e. The van der Waals surface area contributed by atoms with Gasteiger partial charge in [-0.15, -0.1) is 12.4 Å². The van der Waals surface area contributed by atoms with E-state index in [0.717, 1.165) is 53.4 Å². The van der Waals surface area contributed by atoms with Crippen molar-refractivity contribution in [3.8, 4) is 11.3 Å². The molecule has 0 N–H and O–H groups in total. The molecular weight excluding hydrogens is 341 g/mol. The van der Waals surface area contributed by atoms with Crippen molar-refractivity contribution in [2.45, 2.75) is 20.4 Å². The zero-order valence-electron chi connectivity index (χ0n) is 14.1. The van der Waals surface area contributed by atoms with E-state index in [-0.39, 0.29) is 12.4 Å². The molecule has 0 atom stereocenters. The Labute approximate surface area is 154 Å². The van der Waals surface area contributed by atoms with E-state index in [1.54, 1.807) is 0 Å². The van der Waals surface area contributed by atoms with Gasteiger partial charge in [0.15, 0.2) is 0 Å². The van der Waals surface area contributed by atoms with Crippen LogP contribution in [-0.4, -0.2) is 34.3 Å². The lowest BCUT2D eigenvalue weighted by Crippen LogP contribution is -2.27. The topological polar surface area (TPSA) is 21.1 Å². The van der Waals surface area contributed by atoms with Gasteiger partial charge in [-0.1, -0.05) is 55.8 Å². The van der Waals surface area contributed by atoms with Crippen molar-refractivity contribution in [3.05, 3.63) is 53.6 Å². The highest BCUT2D eigenvalue weighted by atomic mass is 35.5. The number of halogens is 2. The van der Waals surface area contributed by atoms with E-state index in [0.29, 0.717) is 0 Å². The lowest BCUT2D eigenvalue weighted by atomic mass is 10.1. The number of likely N-dealkylation sites (N-methyl/N-ethyl adjacent to an activating group) is 1. The van der Waals surface area contributed by atoms with Crippen molar-refractivity contribution in [2.75, 3.05) is 19.6 Å². The van der Waals surface area contributed by atoms with Crippen molar-refractivity contribution in [2.24, 2.45) is 0 Å². The molecule has 3 rings (SSSR count). The normalized spacial score (nSPS) is 11.0. The van der Waals surface area contributed by atoms with Crippen molar-refractivity contribution in [1.82, 2.24) is 14.7 Å². The lowest BCUT2D eigenvalue weighted by molar-refractivity contribution is 0.287. The Morgan fingerprint density at radius 2 is 1.75 bits per heavy atom. The second kappa shape index (κ2) is 8.52. The fraction of sp³-hybridized carbons (Fsp3) is 0.316. The van der Waals surface area contributed by atoms with Gasteiger partial charge in [-0.25, -0.2) is 0 Å². The first kappa shape index (κ1) is 18.8. The number of fused-ring (bicyclic) bond motifs is 1. The van der Waals surface area contributed by atoms with E-state index in [2.05, 4.69) is 41.6 Å². The van der Waals surface area contributed by atoms with E-state index < -0.39 is 0 Å². The van der Waals surface area contributed by atoms with Crippen LogP contribution in [0.25, 0.3) is 22.2 Å². The Morgan fingerprint density at radius 1 is 1.04 bits per heavy atom. The molecule has 1 heterocycles. The molecule has 0 aliphatic rings. The average Bonchev–Trinajstić information content (AvgIpc) is 2.94. The van der Waals surface area contributed by atoms with Crippen LogP contribution in [0.2, 0.25) is 5.02 Å². The second-order valence-corrected chi connectivity index (χ2v) is 6.06. The van der Waals surface area contributed by atoms with Crippen molar-refractivity contribution < 1.29 is 0 Å². The van der Waals surface area contributed by atoms with Gasteiger partial charge in [-0.3, -0.25) is 4.68 Å². The van der Waals surface area contributed by atoms with Gasteiger partial charge in [0.25, 0.3) is 0 Å². The van der Waals surface area contributed by atoms with Crippen LogP contribution in [0.3, 0.4) is 0 Å². The monoisotopic (exact) mass is 363 g/mol. The van der Waals surface area contributed by atoms with Gasteiger partial charge in [-0.05, 0) is 31.3 Å². The summed E-state index contributed by atoms with van der Waals surface area (Å²) in [6.07, 6.45) is 0. The number of aromatic nitrogens is 2. The Kier molecular flexibility index (Phi) is 6.67. The summed E-state index contributed by atoms with van der Waals surface area (Å²) in [7, 11) is 0. The molecule has 24 heavy (non-hydrogen) atoms. The highest BCUT2D eigenvalue weighted by molar-refractivity contribution is 6.31. The largest absolute Gasteiger partial charge is 0.302 e. The predicted molar refractivity (Wildman–Crippen MR) is 105 cm³/mol. The van der Waals surface area contributed by atoms with Crippen molar-refractivity contribution >= 4 is 34.9 Å². The predicted octanol–water partition coefficient (Wildman–Crippen LogP) is 5.12. The van der Waals surface area contributed by atoms with Gasteiger partial charge < -0.3 is 4.90 Å². The smallest absolute Gasteiger partial charge is 0.100 e. The van der Waals surface area contributed by atoms with Gasteiger partial charge in [-0.2, -0.15) is 5.10 Å². The number of hydrogen-bond donors (Lipinski definition) is 0. The fourth-order valence-corrected chi connectivity index (χ4v) is 3.08. The third kappa shape index (κ3) is 3.92. The number of rotatable bonds is 6. The van der Waals surface area contributed by atoms with Crippen molar-refractivity contribution in [1.29, 1.82) is 0 Å². The molecule has 0 bridgehead atoms. The van der Waals surface area contributed by atoms with Crippen LogP contribution in [0.1, 0.15) is 13.8 Å². The summed E-state index contributed by atoms with van der Waals surface area (Å²) in [6.45, 7) is 8.40. The van der Waals surface area contributed by atoms with Crippen LogP contribution in [0.5, 0.6) is 0 Å². The second-order valence-electron chi connectivity index (χ2n) is 5.63. The Bertz CT molecular complexity index is 780. The molecule has 3 nitrogen and oxygen atoms in total. The van der Waals surface area contributed by atoms with Crippen LogP contribution in [-0.2, 0) is 6.54 Å². The van der Waals surface area contributed by atoms with E-state index in [4.69, 9.17) is 16.7 Å². The molecule has 128 valence electrons. The Balaban J connectivity index is 0.00000208. The van der Waals surface area contributed by atoms with Gasteiger partial charge >= 0.3 is 0 Å². The zero-order chi connectivity index (χ0) is 16.2. The summed E-state index contributed by atoms with van der Waals surface area (Å²) in [5.74, 6) is 0. The molecule has 0 fully saturated rings. The molecule has 3 aromatic rings. The minimum atomic E-state index is 0.